The van der Waals surface area contributed by atoms with Crippen LogP contribution in [0.4, 0.5) is 4.79 Å². The van der Waals surface area contributed by atoms with Crippen LogP contribution in [-0.2, 0) is 54.6 Å². The van der Waals surface area contributed by atoms with Gasteiger partial charge in [-0.25, -0.2) is 14.8 Å². The molecule has 2 heterocycles. The SMILES string of the molecule is CC[C@H](C)[C@H](NC(=O)[C@H](Cc1cnc[nH]1)NC(=O)[C@H](Cc1ccccc1)NC(=O)CCCCCCCNC(=O)OCc1ccccc1)C(=O)N[C@@H](Cc1cnc[nH]1)C(N)=O. The lowest BCUT2D eigenvalue weighted by atomic mass is 9.96. The van der Waals surface area contributed by atoms with Crippen LogP contribution >= 0.6 is 0 Å². The van der Waals surface area contributed by atoms with Crippen LogP contribution in [0, 0.1) is 5.92 Å². The first-order chi connectivity index (χ1) is 29.0. The molecule has 0 spiro atoms. The number of carbonyl (C=O) groups is 6. The van der Waals surface area contributed by atoms with Crippen LogP contribution < -0.4 is 32.3 Å². The van der Waals surface area contributed by atoms with Crippen LogP contribution in [0.3, 0.4) is 0 Å². The van der Waals surface area contributed by atoms with Gasteiger partial charge in [-0.15, -0.1) is 0 Å². The molecule has 0 aliphatic carbocycles. The number of rotatable bonds is 26. The predicted octanol–water partition coefficient (Wildman–Crippen LogP) is 2.90. The van der Waals surface area contributed by atoms with Crippen LogP contribution in [0.15, 0.2) is 85.7 Å². The first-order valence-corrected chi connectivity index (χ1v) is 20.4. The van der Waals surface area contributed by atoms with E-state index in [1.165, 1.54) is 25.0 Å². The number of imidazole rings is 2. The van der Waals surface area contributed by atoms with Crippen molar-refractivity contribution in [2.75, 3.05) is 6.54 Å². The fourth-order valence-corrected chi connectivity index (χ4v) is 6.39. The largest absolute Gasteiger partial charge is 0.445 e. The lowest BCUT2D eigenvalue weighted by Crippen LogP contribution is -2.60. The van der Waals surface area contributed by atoms with Crippen molar-refractivity contribution in [1.29, 1.82) is 0 Å². The highest BCUT2D eigenvalue weighted by Gasteiger charge is 2.33. The fourth-order valence-electron chi connectivity index (χ4n) is 6.39. The Morgan fingerprint density at radius 1 is 0.667 bits per heavy atom. The van der Waals surface area contributed by atoms with Crippen molar-refractivity contribution < 1.29 is 33.5 Å². The number of ether oxygens (including phenoxy) is 1. The molecule has 0 radical (unpaired) electrons. The molecule has 2 aromatic heterocycles. The Balaban J connectivity index is 1.33. The summed E-state index contributed by atoms with van der Waals surface area (Å²) in [6.45, 7) is 4.34. The number of alkyl carbamates (subject to hydrolysis) is 1. The lowest BCUT2D eigenvalue weighted by molar-refractivity contribution is -0.135. The summed E-state index contributed by atoms with van der Waals surface area (Å²) in [5.41, 5.74) is 8.47. The van der Waals surface area contributed by atoms with E-state index in [-0.39, 0.29) is 44.1 Å². The second-order valence-electron chi connectivity index (χ2n) is 14.8. The molecule has 5 atom stereocenters. The standard InChI is InChI=1S/C43H58N10O7/c1-3-29(2)38(42(58)51-34(39(44)55)22-32-24-45-27-48-32)53-41(57)36(23-33-25-46-28-49-33)52-40(56)35(21-30-15-9-7-10-16-30)50-37(54)19-13-5-4-6-14-20-47-43(59)60-26-31-17-11-8-12-18-31/h7-12,15-18,24-25,27-29,34-36,38H,3-6,13-14,19-23,26H2,1-2H3,(H2,44,55)(H,45,48)(H,46,49)(H,47,59)(H,50,54)(H,51,58)(H,52,56)(H,53,57)/t29-,34-,35-,36-,38-/m0/s1. The molecule has 0 aliphatic heterocycles. The minimum atomic E-state index is -1.18. The molecule has 4 aromatic rings. The molecule has 4 rings (SSSR count). The Kier molecular flexibility index (Phi) is 19.3. The lowest BCUT2D eigenvalue weighted by Gasteiger charge is -2.28. The molecule has 0 saturated heterocycles. The van der Waals surface area contributed by atoms with Gasteiger partial charge in [0.15, 0.2) is 0 Å². The van der Waals surface area contributed by atoms with Gasteiger partial charge in [0.2, 0.25) is 29.5 Å². The van der Waals surface area contributed by atoms with Crippen molar-refractivity contribution in [1.82, 2.24) is 46.5 Å². The molecule has 2 aromatic carbocycles. The summed E-state index contributed by atoms with van der Waals surface area (Å²) in [5.74, 6) is -3.28. The zero-order valence-electron chi connectivity index (χ0n) is 34.3. The van der Waals surface area contributed by atoms with Crippen molar-refractivity contribution in [2.24, 2.45) is 11.7 Å². The Labute approximate surface area is 350 Å². The molecule has 322 valence electrons. The highest BCUT2D eigenvalue weighted by Crippen LogP contribution is 2.12. The molecule has 0 bridgehead atoms. The highest BCUT2D eigenvalue weighted by molar-refractivity contribution is 5.95. The summed E-state index contributed by atoms with van der Waals surface area (Å²) in [6.07, 6.45) is 10.3. The van der Waals surface area contributed by atoms with Crippen molar-refractivity contribution >= 4 is 35.6 Å². The van der Waals surface area contributed by atoms with Gasteiger partial charge in [-0.05, 0) is 29.9 Å². The van der Waals surface area contributed by atoms with Gasteiger partial charge in [-0.2, -0.15) is 0 Å². The number of primary amides is 1. The molecule has 0 fully saturated rings. The number of hydrogen-bond acceptors (Lipinski definition) is 9. The summed E-state index contributed by atoms with van der Waals surface area (Å²) in [5, 5.41) is 13.9. The molecule has 17 heteroatoms. The minimum absolute atomic E-state index is 0.00650. The number of carbonyl (C=O) groups excluding carboxylic acids is 6. The second kappa shape index (κ2) is 25.1. The van der Waals surface area contributed by atoms with Crippen molar-refractivity contribution in [2.45, 2.75) is 109 Å². The number of nitrogens with two attached hydrogens (primary N) is 1. The smallest absolute Gasteiger partial charge is 0.407 e. The first kappa shape index (κ1) is 46.2. The van der Waals surface area contributed by atoms with E-state index in [2.05, 4.69) is 46.5 Å². The van der Waals surface area contributed by atoms with E-state index >= 15 is 0 Å². The number of hydrogen-bond donors (Lipinski definition) is 8. The summed E-state index contributed by atoms with van der Waals surface area (Å²) in [7, 11) is 0. The van der Waals surface area contributed by atoms with Gasteiger partial charge in [0.25, 0.3) is 0 Å². The number of aromatic nitrogens is 4. The Morgan fingerprint density at radius 3 is 1.82 bits per heavy atom. The van der Waals surface area contributed by atoms with E-state index in [0.29, 0.717) is 30.8 Å². The van der Waals surface area contributed by atoms with Gasteiger partial charge >= 0.3 is 6.09 Å². The molecule has 60 heavy (non-hydrogen) atoms. The van der Waals surface area contributed by atoms with Crippen LogP contribution in [-0.4, -0.2) is 86.3 Å². The Morgan fingerprint density at radius 2 is 1.22 bits per heavy atom. The number of unbranched alkanes of at least 4 members (excludes halogenated alkanes) is 4. The van der Waals surface area contributed by atoms with E-state index in [9.17, 15) is 28.8 Å². The maximum Gasteiger partial charge on any atom is 0.407 e. The molecule has 9 N–H and O–H groups in total. The third kappa shape index (κ3) is 16.4. The second-order valence-corrected chi connectivity index (χ2v) is 14.8. The van der Waals surface area contributed by atoms with E-state index in [1.807, 2.05) is 67.6 Å². The maximum atomic E-state index is 14.0. The number of nitrogens with zero attached hydrogens (tertiary/aromatic N) is 2. The summed E-state index contributed by atoms with van der Waals surface area (Å²) >= 11 is 0. The van der Waals surface area contributed by atoms with E-state index in [0.717, 1.165) is 36.8 Å². The quantitative estimate of drug-likeness (QED) is 0.0433. The van der Waals surface area contributed by atoms with E-state index in [1.54, 1.807) is 6.92 Å². The van der Waals surface area contributed by atoms with Gasteiger partial charge in [0.1, 0.15) is 30.8 Å². The van der Waals surface area contributed by atoms with Crippen LogP contribution in [0.5, 0.6) is 0 Å². The number of nitrogens with one attached hydrogen (secondary N) is 7. The summed E-state index contributed by atoms with van der Waals surface area (Å²) < 4.78 is 5.23. The Bertz CT molecular complexity index is 1910. The first-order valence-electron chi connectivity index (χ1n) is 20.4. The van der Waals surface area contributed by atoms with Crippen molar-refractivity contribution in [3.63, 3.8) is 0 Å². The number of H-pyrrole nitrogens is 2. The molecule has 0 unspecified atom stereocenters. The average Bonchev–Trinajstić information content (AvgIpc) is 3.97. The monoisotopic (exact) mass is 826 g/mol. The summed E-state index contributed by atoms with van der Waals surface area (Å²) in [4.78, 5) is 93.1. The molecular formula is C43H58N10O7. The zero-order valence-corrected chi connectivity index (χ0v) is 34.3. The van der Waals surface area contributed by atoms with E-state index < -0.39 is 53.9 Å². The third-order valence-electron chi connectivity index (χ3n) is 10.0. The number of benzene rings is 2. The van der Waals surface area contributed by atoms with Gasteiger partial charge < -0.3 is 47.0 Å². The Hall–Kier alpha value is -6.52. The van der Waals surface area contributed by atoms with Crippen molar-refractivity contribution in [3.8, 4) is 0 Å². The van der Waals surface area contributed by atoms with Crippen molar-refractivity contribution in [3.05, 3.63) is 108 Å². The van der Waals surface area contributed by atoms with Crippen LogP contribution in [0.2, 0.25) is 0 Å². The number of amides is 6. The molecule has 6 amide bonds. The maximum absolute atomic E-state index is 14.0. The minimum Gasteiger partial charge on any atom is -0.445 e. The third-order valence-corrected chi connectivity index (χ3v) is 10.0. The number of aromatic amines is 2. The summed E-state index contributed by atoms with van der Waals surface area (Å²) in [6, 6.07) is 14.3. The molecule has 17 nitrogen and oxygen atoms in total. The van der Waals surface area contributed by atoms with Gasteiger partial charge in [0, 0.05) is 56.0 Å². The van der Waals surface area contributed by atoms with Gasteiger partial charge in [-0.1, -0.05) is 100 Å². The topological polar surface area (TPSA) is 255 Å². The molecule has 0 saturated carbocycles. The normalized spacial score (nSPS) is 13.4. The van der Waals surface area contributed by atoms with Gasteiger partial charge in [0.05, 0.1) is 12.7 Å². The van der Waals surface area contributed by atoms with Gasteiger partial charge in [-0.3, -0.25) is 24.0 Å². The van der Waals surface area contributed by atoms with Crippen LogP contribution in [0.1, 0.15) is 81.3 Å². The van der Waals surface area contributed by atoms with E-state index in [4.69, 9.17) is 10.5 Å². The fraction of sp³-hybridized carbons (Fsp3) is 0.442. The zero-order chi connectivity index (χ0) is 43.1. The average molecular weight is 827 g/mol. The van der Waals surface area contributed by atoms with Crippen LogP contribution in [0.25, 0.3) is 0 Å². The predicted molar refractivity (Wildman–Crippen MR) is 223 cm³/mol. The molecule has 0 aliphatic rings. The molecular weight excluding hydrogens is 769 g/mol. The highest BCUT2D eigenvalue weighted by atomic mass is 16.5.